The number of allylic oxidation sites excluding steroid dienone is 1. The summed E-state index contributed by atoms with van der Waals surface area (Å²) in [6, 6.07) is 9.30. The Morgan fingerprint density at radius 2 is 2.00 bits per heavy atom. The highest BCUT2D eigenvalue weighted by molar-refractivity contribution is 8.03. The Kier molecular flexibility index (Phi) is 5.45. The summed E-state index contributed by atoms with van der Waals surface area (Å²) in [5.41, 5.74) is 1.70. The van der Waals surface area contributed by atoms with E-state index in [-0.39, 0.29) is 17.0 Å². The van der Waals surface area contributed by atoms with Crippen molar-refractivity contribution in [2.24, 2.45) is 16.3 Å². The maximum Gasteiger partial charge on any atom is 0.313 e. The molecule has 27 heavy (non-hydrogen) atoms. The summed E-state index contributed by atoms with van der Waals surface area (Å²) in [5, 5.41) is 19.8. The molecule has 1 saturated carbocycles. The van der Waals surface area contributed by atoms with Crippen molar-refractivity contribution in [1.29, 1.82) is 5.26 Å². The van der Waals surface area contributed by atoms with Crippen LogP contribution in [0.15, 0.2) is 39.9 Å². The molecule has 140 valence electrons. The highest BCUT2D eigenvalue weighted by atomic mass is 35.5. The molecule has 2 atom stereocenters. The zero-order valence-electron chi connectivity index (χ0n) is 15.0. The molecule has 1 heterocycles. The van der Waals surface area contributed by atoms with Crippen molar-refractivity contribution in [3.05, 3.63) is 45.5 Å². The topological polar surface area (TPSA) is 90.5 Å². The van der Waals surface area contributed by atoms with Crippen LogP contribution < -0.4 is 0 Å². The number of hydrogen-bond donors (Lipinski definition) is 1. The summed E-state index contributed by atoms with van der Waals surface area (Å²) in [6.07, 6.45) is 1.07. The minimum Gasteiger partial charge on any atom is -0.481 e. The van der Waals surface area contributed by atoms with E-state index in [4.69, 9.17) is 16.7 Å². The van der Waals surface area contributed by atoms with Gasteiger partial charge in [-0.15, -0.1) is 0 Å². The van der Waals surface area contributed by atoms with Crippen molar-refractivity contribution >= 4 is 40.8 Å². The van der Waals surface area contributed by atoms with E-state index in [2.05, 4.69) is 11.1 Å². The molecule has 0 spiro atoms. The normalized spacial score (nSPS) is 24.1. The summed E-state index contributed by atoms with van der Waals surface area (Å²) < 4.78 is 0. The average Bonchev–Trinajstić information content (AvgIpc) is 2.58. The van der Waals surface area contributed by atoms with Gasteiger partial charge in [-0.2, -0.15) is 5.26 Å². The van der Waals surface area contributed by atoms with Crippen molar-refractivity contribution in [3.8, 4) is 6.07 Å². The highest BCUT2D eigenvalue weighted by Crippen LogP contribution is 2.48. The van der Waals surface area contributed by atoms with Crippen LogP contribution >= 0.6 is 23.4 Å². The molecular formula is C20H19ClN2O3S. The number of Topliss-reactive ketones (excluding diaryl/α,β-unsaturated/α-hetero) is 1. The maximum absolute atomic E-state index is 13.0. The van der Waals surface area contributed by atoms with E-state index in [0.717, 1.165) is 23.0 Å². The second kappa shape index (κ2) is 7.49. The first-order chi connectivity index (χ1) is 12.7. The van der Waals surface area contributed by atoms with Crippen molar-refractivity contribution in [3.63, 3.8) is 0 Å². The third-order valence-electron chi connectivity index (χ3n) is 4.82. The number of nitrogens with zero attached hydrogens (tertiary/aromatic N) is 2. The number of carbonyl (C=O) groups excluding carboxylic acids is 1. The molecule has 1 N–H and O–H groups in total. The number of benzene rings is 1. The van der Waals surface area contributed by atoms with Gasteiger partial charge in [0.1, 0.15) is 10.8 Å². The lowest BCUT2D eigenvalue weighted by Crippen LogP contribution is -2.42. The zero-order valence-corrected chi connectivity index (χ0v) is 16.6. The standard InChI is InChI=1S/C20H19ClN2O3S/c1-20(2)7-14-18(15(24)8-20)17(11-3-5-12(21)6-4-11)13(9-22)19(23-14)27-10-16(25)26/h3-6,17-18H,7-8,10H2,1-2H3,(H,25,26)/t17-,18?/m0/s1. The van der Waals surface area contributed by atoms with E-state index < -0.39 is 17.8 Å². The van der Waals surface area contributed by atoms with Crippen LogP contribution in [0.4, 0.5) is 0 Å². The molecule has 3 rings (SSSR count). The minimum absolute atomic E-state index is 0.0694. The van der Waals surface area contributed by atoms with Gasteiger partial charge in [0.25, 0.3) is 0 Å². The van der Waals surface area contributed by atoms with Gasteiger partial charge in [-0.05, 0) is 29.5 Å². The van der Waals surface area contributed by atoms with E-state index in [1.165, 1.54) is 0 Å². The van der Waals surface area contributed by atoms with Gasteiger partial charge in [-0.25, -0.2) is 4.99 Å². The average molecular weight is 403 g/mol. The molecule has 1 aromatic carbocycles. The van der Waals surface area contributed by atoms with E-state index in [1.54, 1.807) is 12.1 Å². The number of fused-ring (bicyclic) bond motifs is 1. The Morgan fingerprint density at radius 1 is 1.33 bits per heavy atom. The molecule has 1 aliphatic heterocycles. The molecule has 1 aromatic rings. The number of carboxylic acid groups (broad SMARTS) is 1. The van der Waals surface area contributed by atoms with E-state index in [9.17, 15) is 14.9 Å². The second-order valence-electron chi connectivity index (χ2n) is 7.61. The Labute approximate surface area is 167 Å². The van der Waals surface area contributed by atoms with Crippen molar-refractivity contribution in [1.82, 2.24) is 0 Å². The maximum atomic E-state index is 13.0. The predicted molar refractivity (Wildman–Crippen MR) is 106 cm³/mol. The summed E-state index contributed by atoms with van der Waals surface area (Å²) in [7, 11) is 0. The number of nitriles is 1. The number of aliphatic imine (C=N–C) groups is 1. The second-order valence-corrected chi connectivity index (χ2v) is 9.01. The van der Waals surface area contributed by atoms with Crippen molar-refractivity contribution < 1.29 is 14.7 Å². The molecular weight excluding hydrogens is 384 g/mol. The molecule has 7 heteroatoms. The minimum atomic E-state index is -0.977. The Bertz CT molecular complexity index is 897. The molecule has 0 bridgehead atoms. The lowest BCUT2D eigenvalue weighted by atomic mass is 9.64. The molecule has 0 radical (unpaired) electrons. The first-order valence-electron chi connectivity index (χ1n) is 8.56. The molecule has 1 fully saturated rings. The van der Waals surface area contributed by atoms with E-state index in [0.29, 0.717) is 28.5 Å². The van der Waals surface area contributed by atoms with Crippen LogP contribution in [0.3, 0.4) is 0 Å². The SMILES string of the molecule is CC1(C)CC(=O)C2C(=NC(SCC(=O)O)=C(C#N)[C@@H]2c2ccc(Cl)cc2)C1. The quantitative estimate of drug-likeness (QED) is 0.804. The third-order valence-corrected chi connectivity index (χ3v) is 6.05. The van der Waals surface area contributed by atoms with Crippen LogP contribution in [-0.4, -0.2) is 28.3 Å². The van der Waals surface area contributed by atoms with Crippen LogP contribution in [0.2, 0.25) is 5.02 Å². The number of thioether (sulfide) groups is 1. The Balaban J connectivity index is 2.14. The molecule has 5 nitrogen and oxygen atoms in total. The first-order valence-corrected chi connectivity index (χ1v) is 9.93. The summed E-state index contributed by atoms with van der Waals surface area (Å²) in [5.74, 6) is -2.04. The molecule has 0 saturated heterocycles. The highest BCUT2D eigenvalue weighted by Gasteiger charge is 2.46. The molecule has 1 aliphatic carbocycles. The largest absolute Gasteiger partial charge is 0.481 e. The van der Waals surface area contributed by atoms with Gasteiger partial charge in [0.2, 0.25) is 0 Å². The molecule has 0 amide bonds. The van der Waals surface area contributed by atoms with Gasteiger partial charge in [0.15, 0.2) is 0 Å². The first kappa shape index (κ1) is 19.7. The lowest BCUT2D eigenvalue weighted by molar-refractivity contribution is -0.134. The number of aliphatic carboxylic acids is 1. The number of rotatable bonds is 4. The van der Waals surface area contributed by atoms with Gasteiger partial charge in [-0.3, -0.25) is 9.59 Å². The van der Waals surface area contributed by atoms with Crippen LogP contribution in [0.5, 0.6) is 0 Å². The predicted octanol–water partition coefficient (Wildman–Crippen LogP) is 4.44. The summed E-state index contributed by atoms with van der Waals surface area (Å²) >= 11 is 7.03. The van der Waals surface area contributed by atoms with Gasteiger partial charge in [-0.1, -0.05) is 49.3 Å². The zero-order chi connectivity index (χ0) is 19.8. The van der Waals surface area contributed by atoms with E-state index in [1.807, 2.05) is 26.0 Å². The molecule has 1 unspecified atom stereocenters. The fourth-order valence-corrected chi connectivity index (χ4v) is 4.69. The fourth-order valence-electron chi connectivity index (χ4n) is 3.79. The Morgan fingerprint density at radius 3 is 2.59 bits per heavy atom. The number of halogens is 1. The van der Waals surface area contributed by atoms with Gasteiger partial charge < -0.3 is 5.11 Å². The van der Waals surface area contributed by atoms with Gasteiger partial charge in [0, 0.05) is 23.1 Å². The Hall–Kier alpha value is -2.10. The van der Waals surface area contributed by atoms with Gasteiger partial charge >= 0.3 is 5.97 Å². The van der Waals surface area contributed by atoms with E-state index >= 15 is 0 Å². The fraction of sp³-hybridized carbons (Fsp3) is 0.400. The van der Waals surface area contributed by atoms with Crippen molar-refractivity contribution in [2.45, 2.75) is 32.6 Å². The van der Waals surface area contributed by atoms with Crippen LogP contribution in [0, 0.1) is 22.7 Å². The number of carboxylic acids is 1. The number of hydrogen-bond acceptors (Lipinski definition) is 5. The lowest BCUT2D eigenvalue weighted by Gasteiger charge is -2.40. The monoisotopic (exact) mass is 402 g/mol. The van der Waals surface area contributed by atoms with Crippen LogP contribution in [0.1, 0.15) is 38.2 Å². The number of carbonyl (C=O) groups is 2. The number of ketones is 1. The van der Waals surface area contributed by atoms with Gasteiger partial charge in [0.05, 0.1) is 23.3 Å². The third kappa shape index (κ3) is 4.10. The summed E-state index contributed by atoms with van der Waals surface area (Å²) in [4.78, 5) is 28.6. The smallest absolute Gasteiger partial charge is 0.313 e. The molecule has 0 aromatic heterocycles. The van der Waals surface area contributed by atoms with Crippen molar-refractivity contribution in [2.75, 3.05) is 5.75 Å². The molecule has 2 aliphatic rings. The van der Waals surface area contributed by atoms with Crippen LogP contribution in [0.25, 0.3) is 0 Å². The summed E-state index contributed by atoms with van der Waals surface area (Å²) in [6.45, 7) is 4.04. The van der Waals surface area contributed by atoms with Crippen LogP contribution in [-0.2, 0) is 9.59 Å².